The Labute approximate surface area is 87.1 Å². The number of hydrogen-bond donors (Lipinski definition) is 1. The normalized spacial score (nSPS) is 12.5. The minimum Gasteiger partial charge on any atom is -0.324 e. The number of Topliss-reactive ketones (excluding diaryl/α,β-unsaturated/α-hetero) is 1. The van der Waals surface area contributed by atoms with E-state index in [1.807, 2.05) is 0 Å². The summed E-state index contributed by atoms with van der Waals surface area (Å²) in [6, 6.07) is 2.51. The number of carbonyl (C=O) groups is 1. The van der Waals surface area contributed by atoms with Gasteiger partial charge in [0.2, 0.25) is 0 Å². The van der Waals surface area contributed by atoms with Crippen molar-refractivity contribution in [1.82, 2.24) is 0 Å². The molecule has 0 heterocycles. The van der Waals surface area contributed by atoms with Crippen molar-refractivity contribution in [1.29, 1.82) is 0 Å². The molecule has 0 saturated carbocycles. The molecular weight excluding hydrogens is 200 g/mol. The van der Waals surface area contributed by atoms with Crippen LogP contribution in [-0.2, 0) is 4.79 Å². The minimum atomic E-state index is -0.635. The van der Waals surface area contributed by atoms with Gasteiger partial charge >= 0.3 is 0 Å². The lowest BCUT2D eigenvalue weighted by Gasteiger charge is -2.11. The van der Waals surface area contributed by atoms with Crippen LogP contribution in [0.4, 0.5) is 8.78 Å². The van der Waals surface area contributed by atoms with Crippen LogP contribution in [0.15, 0.2) is 18.2 Å². The van der Waals surface area contributed by atoms with Gasteiger partial charge in [0, 0.05) is 18.0 Å². The summed E-state index contributed by atoms with van der Waals surface area (Å²) in [5.74, 6) is -1.07. The molecular formula is C11H13F2NO. The highest BCUT2D eigenvalue weighted by Crippen LogP contribution is 2.20. The summed E-state index contributed by atoms with van der Waals surface area (Å²) in [4.78, 5) is 10.7. The SMILES string of the molecule is CC(=O)CCC(N)c1cc(F)ccc1F. The highest BCUT2D eigenvalue weighted by Gasteiger charge is 2.12. The van der Waals surface area contributed by atoms with Gasteiger partial charge in [-0.25, -0.2) is 8.78 Å². The van der Waals surface area contributed by atoms with Crippen LogP contribution in [0.1, 0.15) is 31.4 Å². The van der Waals surface area contributed by atoms with Crippen LogP contribution in [-0.4, -0.2) is 5.78 Å². The second-order valence-electron chi connectivity index (χ2n) is 3.51. The van der Waals surface area contributed by atoms with Crippen molar-refractivity contribution in [2.45, 2.75) is 25.8 Å². The lowest BCUT2D eigenvalue weighted by Crippen LogP contribution is -2.13. The van der Waals surface area contributed by atoms with Gasteiger partial charge in [0.1, 0.15) is 17.4 Å². The van der Waals surface area contributed by atoms with E-state index in [4.69, 9.17) is 5.73 Å². The van der Waals surface area contributed by atoms with E-state index >= 15 is 0 Å². The van der Waals surface area contributed by atoms with Gasteiger partial charge in [0.05, 0.1) is 0 Å². The van der Waals surface area contributed by atoms with E-state index in [1.165, 1.54) is 6.92 Å². The molecule has 0 saturated heterocycles. The zero-order valence-electron chi connectivity index (χ0n) is 8.47. The Morgan fingerprint density at radius 3 is 2.73 bits per heavy atom. The third kappa shape index (κ3) is 3.40. The van der Waals surface area contributed by atoms with Gasteiger partial charge in [0.15, 0.2) is 0 Å². The van der Waals surface area contributed by atoms with Crippen molar-refractivity contribution in [2.24, 2.45) is 5.73 Å². The smallest absolute Gasteiger partial charge is 0.129 e. The quantitative estimate of drug-likeness (QED) is 0.834. The zero-order valence-corrected chi connectivity index (χ0v) is 8.47. The lowest BCUT2D eigenvalue weighted by atomic mass is 10.0. The predicted octanol–water partition coefficient (Wildman–Crippen LogP) is 2.33. The van der Waals surface area contributed by atoms with Crippen molar-refractivity contribution in [2.75, 3.05) is 0 Å². The minimum absolute atomic E-state index is 0.0118. The van der Waals surface area contributed by atoms with Gasteiger partial charge in [-0.15, -0.1) is 0 Å². The number of halogens is 2. The monoisotopic (exact) mass is 213 g/mol. The van der Waals surface area contributed by atoms with Gasteiger partial charge < -0.3 is 10.5 Å². The average Bonchev–Trinajstić information content (AvgIpc) is 2.18. The third-order valence-electron chi connectivity index (χ3n) is 2.16. The van der Waals surface area contributed by atoms with E-state index in [0.29, 0.717) is 6.42 Å². The molecule has 1 unspecified atom stereocenters. The first-order valence-corrected chi connectivity index (χ1v) is 4.70. The number of carbonyl (C=O) groups excluding carboxylic acids is 1. The Kier molecular flexibility index (Phi) is 3.91. The number of nitrogens with two attached hydrogens (primary N) is 1. The van der Waals surface area contributed by atoms with Crippen LogP contribution >= 0.6 is 0 Å². The maximum absolute atomic E-state index is 13.2. The lowest BCUT2D eigenvalue weighted by molar-refractivity contribution is -0.117. The second-order valence-corrected chi connectivity index (χ2v) is 3.51. The first kappa shape index (κ1) is 11.8. The molecule has 2 nitrogen and oxygen atoms in total. The molecule has 1 aromatic carbocycles. The Balaban J connectivity index is 2.76. The van der Waals surface area contributed by atoms with E-state index in [2.05, 4.69) is 0 Å². The Morgan fingerprint density at radius 2 is 2.13 bits per heavy atom. The maximum atomic E-state index is 13.2. The van der Waals surface area contributed by atoms with Crippen LogP contribution in [0, 0.1) is 11.6 Å². The molecule has 0 spiro atoms. The van der Waals surface area contributed by atoms with Gasteiger partial charge in [-0.3, -0.25) is 0 Å². The summed E-state index contributed by atoms with van der Waals surface area (Å²) in [5.41, 5.74) is 5.78. The summed E-state index contributed by atoms with van der Waals surface area (Å²) < 4.78 is 26.0. The van der Waals surface area contributed by atoms with E-state index in [1.54, 1.807) is 0 Å². The van der Waals surface area contributed by atoms with Gasteiger partial charge in [0.25, 0.3) is 0 Å². The van der Waals surface area contributed by atoms with Crippen molar-refractivity contribution < 1.29 is 13.6 Å². The van der Waals surface area contributed by atoms with E-state index in [0.717, 1.165) is 18.2 Å². The Morgan fingerprint density at radius 1 is 1.47 bits per heavy atom. The molecule has 0 radical (unpaired) electrons. The molecule has 82 valence electrons. The Hall–Kier alpha value is -1.29. The second kappa shape index (κ2) is 4.98. The molecule has 2 N–H and O–H groups in total. The molecule has 0 amide bonds. The summed E-state index contributed by atoms with van der Waals surface area (Å²) >= 11 is 0. The third-order valence-corrected chi connectivity index (χ3v) is 2.16. The number of rotatable bonds is 4. The fraction of sp³-hybridized carbons (Fsp3) is 0.364. The van der Waals surface area contributed by atoms with Gasteiger partial charge in [-0.05, 0) is 31.5 Å². The van der Waals surface area contributed by atoms with Gasteiger partial charge in [-0.1, -0.05) is 0 Å². The number of hydrogen-bond acceptors (Lipinski definition) is 2. The Bertz CT molecular complexity index is 366. The molecule has 1 aromatic rings. The van der Waals surface area contributed by atoms with Crippen molar-refractivity contribution in [3.63, 3.8) is 0 Å². The van der Waals surface area contributed by atoms with E-state index in [-0.39, 0.29) is 17.8 Å². The molecule has 0 aliphatic rings. The number of ketones is 1. The highest BCUT2D eigenvalue weighted by molar-refractivity contribution is 5.75. The fourth-order valence-electron chi connectivity index (χ4n) is 1.31. The topological polar surface area (TPSA) is 43.1 Å². The van der Waals surface area contributed by atoms with Crippen molar-refractivity contribution >= 4 is 5.78 Å². The fourth-order valence-corrected chi connectivity index (χ4v) is 1.31. The largest absolute Gasteiger partial charge is 0.324 e. The molecule has 1 atom stereocenters. The first-order chi connectivity index (χ1) is 7.00. The molecule has 0 aromatic heterocycles. The molecule has 4 heteroatoms. The molecule has 0 fully saturated rings. The molecule has 0 aliphatic carbocycles. The molecule has 0 aliphatic heterocycles. The first-order valence-electron chi connectivity index (χ1n) is 4.70. The zero-order chi connectivity index (χ0) is 11.4. The average molecular weight is 213 g/mol. The van der Waals surface area contributed by atoms with Crippen molar-refractivity contribution in [3.8, 4) is 0 Å². The summed E-state index contributed by atoms with van der Waals surface area (Å²) in [6.45, 7) is 1.44. The standard InChI is InChI=1S/C11H13F2NO/c1-7(15)2-5-11(14)9-6-8(12)3-4-10(9)13/h3-4,6,11H,2,5,14H2,1H3. The van der Waals surface area contributed by atoms with Crippen LogP contribution in [0.2, 0.25) is 0 Å². The van der Waals surface area contributed by atoms with E-state index < -0.39 is 17.7 Å². The summed E-state index contributed by atoms with van der Waals surface area (Å²) in [6.07, 6.45) is 0.604. The molecule has 0 bridgehead atoms. The summed E-state index contributed by atoms with van der Waals surface area (Å²) in [7, 11) is 0. The van der Waals surface area contributed by atoms with Crippen molar-refractivity contribution in [3.05, 3.63) is 35.4 Å². The van der Waals surface area contributed by atoms with Crippen LogP contribution in [0.3, 0.4) is 0 Å². The molecule has 1 rings (SSSR count). The molecule has 15 heavy (non-hydrogen) atoms. The summed E-state index contributed by atoms with van der Waals surface area (Å²) in [5, 5.41) is 0. The van der Waals surface area contributed by atoms with Crippen LogP contribution < -0.4 is 5.73 Å². The highest BCUT2D eigenvalue weighted by atomic mass is 19.1. The van der Waals surface area contributed by atoms with Gasteiger partial charge in [-0.2, -0.15) is 0 Å². The van der Waals surface area contributed by atoms with Crippen LogP contribution in [0.5, 0.6) is 0 Å². The van der Waals surface area contributed by atoms with E-state index in [9.17, 15) is 13.6 Å². The van der Waals surface area contributed by atoms with Crippen LogP contribution in [0.25, 0.3) is 0 Å². The predicted molar refractivity (Wildman–Crippen MR) is 53.2 cm³/mol. The maximum Gasteiger partial charge on any atom is 0.129 e. The number of benzene rings is 1.